The Hall–Kier alpha value is -1.11. The molecule has 0 aromatic heterocycles. The molecule has 0 aliphatic carbocycles. The Morgan fingerprint density at radius 3 is 2.48 bits per heavy atom. The van der Waals surface area contributed by atoms with Gasteiger partial charge >= 0.3 is 0 Å². The summed E-state index contributed by atoms with van der Waals surface area (Å²) in [7, 11) is -3.01. The first-order valence-corrected chi connectivity index (χ1v) is 9.21. The first-order valence-electron chi connectivity index (χ1n) is 6.77. The average molecular weight is 331 g/mol. The van der Waals surface area contributed by atoms with Crippen molar-refractivity contribution in [2.75, 3.05) is 18.6 Å². The van der Waals surface area contributed by atoms with Crippen LogP contribution in [-0.4, -0.2) is 43.8 Å². The van der Waals surface area contributed by atoms with Crippen molar-refractivity contribution in [1.29, 1.82) is 0 Å². The van der Waals surface area contributed by atoms with Crippen LogP contribution in [0.3, 0.4) is 0 Å². The molecule has 0 spiro atoms. The van der Waals surface area contributed by atoms with E-state index < -0.39 is 9.84 Å². The number of amides is 1. The molecule has 1 amide bonds. The first kappa shape index (κ1) is 16.3. The van der Waals surface area contributed by atoms with E-state index >= 15 is 0 Å². The Bertz CT molecular complexity index is 616. The lowest BCUT2D eigenvalue weighted by Crippen LogP contribution is -2.32. The number of carbonyl (C=O) groups is 1. The number of hydrogen-bond acceptors (Lipinski definition) is 4. The number of benzene rings is 1. The van der Waals surface area contributed by atoms with Crippen molar-refractivity contribution in [3.8, 4) is 0 Å². The largest absolute Gasteiger partial charge is 0.322 e. The molecule has 0 bridgehead atoms. The predicted octanol–water partition coefficient (Wildman–Crippen LogP) is 1.59. The van der Waals surface area contributed by atoms with E-state index in [1.54, 1.807) is 17.0 Å². The SMILES string of the molecule is CC1NC(c2ccc(Cl)cc2)N(CCCS(C)(=O)=O)C1=O. The molecule has 2 unspecified atom stereocenters. The van der Waals surface area contributed by atoms with E-state index in [1.807, 2.05) is 19.1 Å². The molecule has 1 aliphatic rings. The number of nitrogens with one attached hydrogen (secondary N) is 1. The van der Waals surface area contributed by atoms with Crippen LogP contribution in [0.2, 0.25) is 5.02 Å². The smallest absolute Gasteiger partial charge is 0.241 e. The van der Waals surface area contributed by atoms with Crippen LogP contribution in [0.5, 0.6) is 0 Å². The fourth-order valence-electron chi connectivity index (χ4n) is 2.43. The maximum Gasteiger partial charge on any atom is 0.241 e. The van der Waals surface area contributed by atoms with Gasteiger partial charge in [-0.05, 0) is 31.0 Å². The molecule has 1 saturated heterocycles. The van der Waals surface area contributed by atoms with Crippen LogP contribution in [0.1, 0.15) is 25.1 Å². The Labute approximate surface area is 130 Å². The lowest BCUT2D eigenvalue weighted by molar-refractivity contribution is -0.129. The number of sulfone groups is 1. The van der Waals surface area contributed by atoms with Crippen LogP contribution in [-0.2, 0) is 14.6 Å². The Morgan fingerprint density at radius 1 is 1.29 bits per heavy atom. The summed E-state index contributed by atoms with van der Waals surface area (Å²) in [4.78, 5) is 13.9. The number of hydrogen-bond donors (Lipinski definition) is 1. The zero-order valence-corrected chi connectivity index (χ0v) is 13.6. The summed E-state index contributed by atoms with van der Waals surface area (Å²) in [5, 5.41) is 3.86. The summed E-state index contributed by atoms with van der Waals surface area (Å²) in [5.41, 5.74) is 0.941. The summed E-state index contributed by atoms with van der Waals surface area (Å²) in [6.07, 6.45) is 1.41. The van der Waals surface area contributed by atoms with Crippen molar-refractivity contribution in [2.45, 2.75) is 25.6 Å². The lowest BCUT2D eigenvalue weighted by Gasteiger charge is -2.24. The third-order valence-electron chi connectivity index (χ3n) is 3.47. The van der Waals surface area contributed by atoms with Crippen molar-refractivity contribution in [3.63, 3.8) is 0 Å². The molecule has 0 saturated carbocycles. The van der Waals surface area contributed by atoms with Gasteiger partial charge < -0.3 is 4.90 Å². The molecule has 1 N–H and O–H groups in total. The highest BCUT2D eigenvalue weighted by molar-refractivity contribution is 7.90. The monoisotopic (exact) mass is 330 g/mol. The summed E-state index contributed by atoms with van der Waals surface area (Å²) in [6, 6.07) is 7.02. The second-order valence-corrected chi connectivity index (χ2v) is 8.05. The van der Waals surface area contributed by atoms with Gasteiger partial charge in [-0.1, -0.05) is 23.7 Å². The minimum atomic E-state index is -3.01. The van der Waals surface area contributed by atoms with Gasteiger partial charge in [0.05, 0.1) is 11.8 Å². The summed E-state index contributed by atoms with van der Waals surface area (Å²) in [5.74, 6) is 0.0712. The highest BCUT2D eigenvalue weighted by atomic mass is 35.5. The van der Waals surface area contributed by atoms with Crippen LogP contribution in [0.4, 0.5) is 0 Å². The van der Waals surface area contributed by atoms with Gasteiger partial charge in [0.25, 0.3) is 0 Å². The highest BCUT2D eigenvalue weighted by Crippen LogP contribution is 2.26. The third kappa shape index (κ3) is 4.18. The van der Waals surface area contributed by atoms with Crippen molar-refractivity contribution in [1.82, 2.24) is 10.2 Å². The average Bonchev–Trinajstić information content (AvgIpc) is 2.66. The van der Waals surface area contributed by atoms with Gasteiger partial charge in [-0.3, -0.25) is 10.1 Å². The molecule has 0 radical (unpaired) electrons. The van der Waals surface area contributed by atoms with Gasteiger partial charge in [0.15, 0.2) is 0 Å². The van der Waals surface area contributed by atoms with Gasteiger partial charge in [-0.25, -0.2) is 8.42 Å². The fourth-order valence-corrected chi connectivity index (χ4v) is 3.21. The van der Waals surface area contributed by atoms with E-state index in [1.165, 1.54) is 6.26 Å². The summed E-state index contributed by atoms with van der Waals surface area (Å²) >= 11 is 5.88. The molecule has 7 heteroatoms. The number of carbonyl (C=O) groups excluding carboxylic acids is 1. The third-order valence-corrected chi connectivity index (χ3v) is 4.76. The Balaban J connectivity index is 2.11. The topological polar surface area (TPSA) is 66.5 Å². The quantitative estimate of drug-likeness (QED) is 0.890. The molecule has 1 aliphatic heterocycles. The highest BCUT2D eigenvalue weighted by Gasteiger charge is 2.36. The van der Waals surface area contributed by atoms with E-state index in [4.69, 9.17) is 11.6 Å². The second kappa shape index (κ2) is 6.34. The maximum atomic E-state index is 12.2. The molecular formula is C14H19ClN2O3S. The van der Waals surface area contributed by atoms with Gasteiger partial charge in [0.1, 0.15) is 16.0 Å². The van der Waals surface area contributed by atoms with Gasteiger partial charge in [-0.2, -0.15) is 0 Å². The van der Waals surface area contributed by atoms with Crippen molar-refractivity contribution < 1.29 is 13.2 Å². The van der Waals surface area contributed by atoms with Crippen molar-refractivity contribution in [3.05, 3.63) is 34.9 Å². The predicted molar refractivity (Wildman–Crippen MR) is 82.8 cm³/mol. The van der Waals surface area contributed by atoms with Gasteiger partial charge in [0, 0.05) is 17.8 Å². The van der Waals surface area contributed by atoms with Crippen LogP contribution < -0.4 is 5.32 Å². The van der Waals surface area contributed by atoms with Crippen LogP contribution in [0.25, 0.3) is 0 Å². The summed E-state index contributed by atoms with van der Waals surface area (Å²) < 4.78 is 22.4. The number of rotatable bonds is 5. The van der Waals surface area contributed by atoms with E-state index in [0.29, 0.717) is 18.0 Å². The molecule has 2 atom stereocenters. The zero-order valence-electron chi connectivity index (χ0n) is 12.0. The van der Waals surface area contributed by atoms with Crippen LogP contribution >= 0.6 is 11.6 Å². The normalized spacial score (nSPS) is 22.8. The van der Waals surface area contributed by atoms with E-state index in [2.05, 4.69) is 5.32 Å². The van der Waals surface area contributed by atoms with Gasteiger partial charge in [0.2, 0.25) is 5.91 Å². The standard InChI is InChI=1S/C14H19ClN2O3S/c1-10-14(18)17(8-3-9-21(2,19)20)13(16-10)11-4-6-12(15)7-5-11/h4-7,10,13,16H,3,8-9H2,1-2H3. The van der Waals surface area contributed by atoms with Crippen LogP contribution in [0.15, 0.2) is 24.3 Å². The molecule has 1 aromatic carbocycles. The zero-order chi connectivity index (χ0) is 15.6. The van der Waals surface area contributed by atoms with E-state index in [9.17, 15) is 13.2 Å². The van der Waals surface area contributed by atoms with Crippen molar-refractivity contribution >= 4 is 27.3 Å². The second-order valence-electron chi connectivity index (χ2n) is 5.36. The molecule has 5 nitrogen and oxygen atoms in total. The summed E-state index contributed by atoms with van der Waals surface area (Å²) in [6.45, 7) is 2.22. The molecule has 116 valence electrons. The van der Waals surface area contributed by atoms with Gasteiger partial charge in [-0.15, -0.1) is 0 Å². The minimum Gasteiger partial charge on any atom is -0.322 e. The Morgan fingerprint density at radius 2 is 1.90 bits per heavy atom. The van der Waals surface area contributed by atoms with E-state index in [0.717, 1.165) is 5.56 Å². The van der Waals surface area contributed by atoms with E-state index in [-0.39, 0.29) is 23.9 Å². The number of nitrogens with zero attached hydrogens (tertiary/aromatic N) is 1. The minimum absolute atomic E-state index is 0.0107. The fraction of sp³-hybridized carbons (Fsp3) is 0.500. The molecule has 1 fully saturated rings. The maximum absolute atomic E-state index is 12.2. The molecule has 1 aromatic rings. The molecule has 1 heterocycles. The number of halogens is 1. The lowest BCUT2D eigenvalue weighted by atomic mass is 10.1. The Kier molecular flexibility index (Phi) is 4.91. The van der Waals surface area contributed by atoms with Crippen LogP contribution in [0, 0.1) is 0 Å². The molecular weight excluding hydrogens is 312 g/mol. The molecule has 21 heavy (non-hydrogen) atoms. The first-order chi connectivity index (χ1) is 9.78. The molecule has 2 rings (SSSR count). The van der Waals surface area contributed by atoms with Crippen molar-refractivity contribution in [2.24, 2.45) is 0 Å².